The van der Waals surface area contributed by atoms with E-state index in [4.69, 9.17) is 4.74 Å². The largest absolute Gasteiger partial charge is 0.468 e. The topological polar surface area (TPSA) is 38.3 Å². The Kier molecular flexibility index (Phi) is 4.93. The first-order valence-electron chi connectivity index (χ1n) is 5.63. The predicted octanol–water partition coefficient (Wildman–Crippen LogP) is 1.81. The Balaban J connectivity index is 2.64. The molecule has 0 heterocycles. The zero-order valence-corrected chi connectivity index (χ0v) is 10.7. The Morgan fingerprint density at radius 1 is 1.60 bits per heavy atom. The quantitative estimate of drug-likeness (QED) is 0.732. The molecule has 1 aliphatic rings. The van der Waals surface area contributed by atoms with Crippen LogP contribution in [0.2, 0.25) is 0 Å². The second-order valence-corrected chi connectivity index (χ2v) is 5.50. The lowest BCUT2D eigenvalue weighted by molar-refractivity contribution is -0.148. The zero-order valence-electron chi connectivity index (χ0n) is 9.84. The smallest absolute Gasteiger partial charge is 0.326 e. The molecule has 0 amide bonds. The van der Waals surface area contributed by atoms with Crippen LogP contribution in [0.15, 0.2) is 0 Å². The highest BCUT2D eigenvalue weighted by atomic mass is 32.2. The predicted molar refractivity (Wildman–Crippen MR) is 64.2 cm³/mol. The molecule has 1 N–H and O–H groups in total. The van der Waals surface area contributed by atoms with Gasteiger partial charge in [-0.15, -0.1) is 0 Å². The molecular weight excluding hydrogens is 210 g/mol. The number of rotatable bonds is 5. The van der Waals surface area contributed by atoms with E-state index in [1.807, 2.05) is 18.7 Å². The number of carbonyl (C=O) groups is 1. The molecule has 1 fully saturated rings. The number of thioether (sulfide) groups is 1. The van der Waals surface area contributed by atoms with Crippen molar-refractivity contribution in [2.75, 3.05) is 19.4 Å². The molecule has 0 aromatic heterocycles. The summed E-state index contributed by atoms with van der Waals surface area (Å²) >= 11 is 1.95. The molecule has 0 saturated heterocycles. The molecule has 0 aliphatic heterocycles. The average Bonchev–Trinajstić information content (AvgIpc) is 2.63. The number of likely N-dealkylation sites (N-methyl/N-ethyl adjacent to an activating group) is 1. The van der Waals surface area contributed by atoms with Crippen LogP contribution in [0.5, 0.6) is 0 Å². The summed E-state index contributed by atoms with van der Waals surface area (Å²) in [5, 5.41) is 3.91. The second kappa shape index (κ2) is 5.75. The number of hydrogen-bond acceptors (Lipinski definition) is 4. The molecule has 1 rings (SSSR count). The van der Waals surface area contributed by atoms with Gasteiger partial charge in [0.1, 0.15) is 5.54 Å². The second-order valence-electron chi connectivity index (χ2n) is 3.92. The van der Waals surface area contributed by atoms with E-state index in [2.05, 4.69) is 12.2 Å². The van der Waals surface area contributed by atoms with Crippen molar-refractivity contribution < 1.29 is 9.53 Å². The molecule has 0 bridgehead atoms. The van der Waals surface area contributed by atoms with E-state index in [9.17, 15) is 4.79 Å². The van der Waals surface area contributed by atoms with Gasteiger partial charge in [0, 0.05) is 5.25 Å². The monoisotopic (exact) mass is 231 g/mol. The summed E-state index contributed by atoms with van der Waals surface area (Å²) in [7, 11) is 1.47. The van der Waals surface area contributed by atoms with Gasteiger partial charge in [0.25, 0.3) is 0 Å². The Labute approximate surface area is 96.3 Å². The molecule has 2 unspecified atom stereocenters. The third kappa shape index (κ3) is 2.88. The van der Waals surface area contributed by atoms with Gasteiger partial charge >= 0.3 is 5.97 Å². The van der Waals surface area contributed by atoms with Gasteiger partial charge in [0.15, 0.2) is 0 Å². The molecule has 88 valence electrons. The standard InChI is InChI=1S/C11H21NO2S/c1-4-12-11(10(13)14-3)7-6-9(8-11)15-5-2/h9,12H,4-8H2,1-3H3. The Bertz CT molecular complexity index is 223. The minimum absolute atomic E-state index is 0.0939. The normalized spacial score (nSPS) is 30.5. The summed E-state index contributed by atoms with van der Waals surface area (Å²) in [4.78, 5) is 11.8. The molecule has 0 aromatic carbocycles. The summed E-state index contributed by atoms with van der Waals surface area (Å²) in [6.07, 6.45) is 2.93. The van der Waals surface area contributed by atoms with Gasteiger partial charge in [-0.3, -0.25) is 4.79 Å². The third-order valence-corrected chi connectivity index (χ3v) is 4.17. The molecule has 4 heteroatoms. The van der Waals surface area contributed by atoms with E-state index in [0.717, 1.165) is 31.6 Å². The molecule has 15 heavy (non-hydrogen) atoms. The summed E-state index contributed by atoms with van der Waals surface area (Å²) in [6, 6.07) is 0. The first-order chi connectivity index (χ1) is 7.18. The van der Waals surface area contributed by atoms with Crippen LogP contribution in [-0.2, 0) is 9.53 Å². The number of nitrogens with one attached hydrogen (secondary N) is 1. The molecular formula is C11H21NO2S. The van der Waals surface area contributed by atoms with Crippen molar-refractivity contribution >= 4 is 17.7 Å². The highest BCUT2D eigenvalue weighted by Gasteiger charge is 2.45. The lowest BCUT2D eigenvalue weighted by Crippen LogP contribution is -2.50. The summed E-state index contributed by atoms with van der Waals surface area (Å²) < 4.78 is 4.91. The van der Waals surface area contributed by atoms with Crippen LogP contribution >= 0.6 is 11.8 Å². The average molecular weight is 231 g/mol. The van der Waals surface area contributed by atoms with Crippen molar-refractivity contribution in [1.82, 2.24) is 5.32 Å². The maximum atomic E-state index is 11.8. The Morgan fingerprint density at radius 2 is 2.33 bits per heavy atom. The van der Waals surface area contributed by atoms with Crippen molar-refractivity contribution in [3.8, 4) is 0 Å². The van der Waals surface area contributed by atoms with E-state index < -0.39 is 5.54 Å². The molecule has 2 atom stereocenters. The fourth-order valence-electron chi connectivity index (χ4n) is 2.33. The van der Waals surface area contributed by atoms with Crippen molar-refractivity contribution in [1.29, 1.82) is 0 Å². The lowest BCUT2D eigenvalue weighted by Gasteiger charge is -2.27. The maximum absolute atomic E-state index is 11.8. The van der Waals surface area contributed by atoms with Gasteiger partial charge in [0.2, 0.25) is 0 Å². The molecule has 1 saturated carbocycles. The van der Waals surface area contributed by atoms with Gasteiger partial charge in [-0.2, -0.15) is 11.8 Å². The summed E-state index contributed by atoms with van der Waals surface area (Å²) in [5.41, 5.74) is -0.406. The zero-order chi connectivity index (χ0) is 11.3. The van der Waals surface area contributed by atoms with Gasteiger partial charge < -0.3 is 10.1 Å². The fraction of sp³-hybridized carbons (Fsp3) is 0.909. The van der Waals surface area contributed by atoms with Gasteiger partial charge in [-0.05, 0) is 31.6 Å². The van der Waals surface area contributed by atoms with Crippen LogP contribution in [0.4, 0.5) is 0 Å². The third-order valence-electron chi connectivity index (χ3n) is 2.96. The van der Waals surface area contributed by atoms with Crippen LogP contribution in [0, 0.1) is 0 Å². The van der Waals surface area contributed by atoms with Crippen LogP contribution in [0.1, 0.15) is 33.1 Å². The van der Waals surface area contributed by atoms with E-state index in [0.29, 0.717) is 5.25 Å². The van der Waals surface area contributed by atoms with Crippen molar-refractivity contribution in [3.05, 3.63) is 0 Å². The number of ether oxygens (including phenoxy) is 1. The first kappa shape index (κ1) is 12.8. The molecule has 0 aromatic rings. The summed E-state index contributed by atoms with van der Waals surface area (Å²) in [5.74, 6) is 1.03. The van der Waals surface area contributed by atoms with Crippen LogP contribution in [0.3, 0.4) is 0 Å². The number of carbonyl (C=O) groups excluding carboxylic acids is 1. The Morgan fingerprint density at radius 3 is 2.87 bits per heavy atom. The summed E-state index contributed by atoms with van der Waals surface area (Å²) in [6.45, 7) is 5.01. The van der Waals surface area contributed by atoms with Crippen molar-refractivity contribution in [3.63, 3.8) is 0 Å². The molecule has 0 spiro atoms. The highest BCUT2D eigenvalue weighted by molar-refractivity contribution is 7.99. The maximum Gasteiger partial charge on any atom is 0.326 e. The SMILES string of the molecule is CCNC1(C(=O)OC)CCC(SCC)C1. The van der Waals surface area contributed by atoms with Gasteiger partial charge in [-0.25, -0.2) is 0 Å². The van der Waals surface area contributed by atoms with E-state index >= 15 is 0 Å². The minimum Gasteiger partial charge on any atom is -0.468 e. The van der Waals surface area contributed by atoms with Crippen LogP contribution in [-0.4, -0.2) is 36.2 Å². The van der Waals surface area contributed by atoms with Gasteiger partial charge in [-0.1, -0.05) is 13.8 Å². The molecule has 1 aliphatic carbocycles. The lowest BCUT2D eigenvalue weighted by atomic mass is 9.98. The van der Waals surface area contributed by atoms with E-state index in [1.54, 1.807) is 0 Å². The van der Waals surface area contributed by atoms with Crippen molar-refractivity contribution in [2.24, 2.45) is 0 Å². The fourth-order valence-corrected chi connectivity index (χ4v) is 3.49. The van der Waals surface area contributed by atoms with Crippen LogP contribution in [0.25, 0.3) is 0 Å². The Hall–Kier alpha value is -0.220. The van der Waals surface area contributed by atoms with E-state index in [-0.39, 0.29) is 5.97 Å². The molecule has 3 nitrogen and oxygen atoms in total. The number of methoxy groups -OCH3 is 1. The number of esters is 1. The first-order valence-corrected chi connectivity index (χ1v) is 6.68. The number of hydrogen-bond donors (Lipinski definition) is 1. The molecule has 0 radical (unpaired) electrons. The highest BCUT2D eigenvalue weighted by Crippen LogP contribution is 2.37. The van der Waals surface area contributed by atoms with Gasteiger partial charge in [0.05, 0.1) is 7.11 Å². The van der Waals surface area contributed by atoms with E-state index in [1.165, 1.54) is 7.11 Å². The van der Waals surface area contributed by atoms with Crippen LogP contribution < -0.4 is 5.32 Å². The van der Waals surface area contributed by atoms with Crippen molar-refractivity contribution in [2.45, 2.75) is 43.9 Å². The minimum atomic E-state index is -0.406.